The van der Waals surface area contributed by atoms with Gasteiger partial charge in [0, 0.05) is 48.0 Å². The minimum Gasteiger partial charge on any atom is -0.361 e. The van der Waals surface area contributed by atoms with Gasteiger partial charge in [0.15, 0.2) is 0 Å². The second-order valence-corrected chi connectivity index (χ2v) is 6.09. The van der Waals surface area contributed by atoms with E-state index in [2.05, 4.69) is 65.7 Å². The molecule has 2 aromatic heterocycles. The van der Waals surface area contributed by atoms with E-state index in [4.69, 9.17) is 0 Å². The van der Waals surface area contributed by atoms with Crippen molar-refractivity contribution in [3.63, 3.8) is 0 Å². The van der Waals surface area contributed by atoms with Crippen LogP contribution in [-0.2, 0) is 12.0 Å². The first-order valence-corrected chi connectivity index (χ1v) is 7.33. The molecule has 0 fully saturated rings. The Morgan fingerprint density at radius 2 is 2.00 bits per heavy atom. The first kappa shape index (κ1) is 13.8. The van der Waals surface area contributed by atoms with Gasteiger partial charge < -0.3 is 10.3 Å². The first-order chi connectivity index (χ1) is 10.2. The lowest BCUT2D eigenvalue weighted by Crippen LogP contribution is -2.32. The van der Waals surface area contributed by atoms with Gasteiger partial charge in [-0.05, 0) is 23.3 Å². The third-order valence-electron chi connectivity index (χ3n) is 4.00. The van der Waals surface area contributed by atoms with Crippen molar-refractivity contribution < 1.29 is 0 Å². The Balaban J connectivity index is 1.66. The van der Waals surface area contributed by atoms with Crippen molar-refractivity contribution in [2.24, 2.45) is 0 Å². The molecule has 0 aliphatic rings. The summed E-state index contributed by atoms with van der Waals surface area (Å²) in [5, 5.41) is 4.87. The summed E-state index contributed by atoms with van der Waals surface area (Å²) >= 11 is 0. The summed E-state index contributed by atoms with van der Waals surface area (Å²) in [6, 6.07) is 12.5. The van der Waals surface area contributed by atoms with Gasteiger partial charge in [0.05, 0.1) is 0 Å². The molecule has 3 nitrogen and oxygen atoms in total. The lowest BCUT2D eigenvalue weighted by Gasteiger charge is -2.25. The molecule has 0 saturated heterocycles. The number of H-pyrrole nitrogens is 1. The van der Waals surface area contributed by atoms with Crippen LogP contribution in [0, 0.1) is 0 Å². The number of hydrogen-bond acceptors (Lipinski definition) is 2. The van der Waals surface area contributed by atoms with Gasteiger partial charge in [-0.3, -0.25) is 4.98 Å². The molecule has 1 aromatic carbocycles. The summed E-state index contributed by atoms with van der Waals surface area (Å²) in [6.45, 7) is 6.27. The molecule has 21 heavy (non-hydrogen) atoms. The van der Waals surface area contributed by atoms with Crippen LogP contribution in [-0.4, -0.2) is 16.5 Å². The fourth-order valence-electron chi connectivity index (χ4n) is 2.65. The van der Waals surface area contributed by atoms with Crippen molar-refractivity contribution in [1.82, 2.24) is 15.3 Å². The van der Waals surface area contributed by atoms with Crippen LogP contribution < -0.4 is 5.32 Å². The Morgan fingerprint density at radius 1 is 1.14 bits per heavy atom. The first-order valence-electron chi connectivity index (χ1n) is 7.33. The molecule has 108 valence electrons. The SMILES string of the molecule is CC(C)(CNCc1c[nH]c2ccccc12)c1cccnc1. The lowest BCUT2D eigenvalue weighted by atomic mass is 9.85. The maximum atomic E-state index is 4.22. The summed E-state index contributed by atoms with van der Waals surface area (Å²) in [7, 11) is 0. The zero-order valence-corrected chi connectivity index (χ0v) is 12.6. The zero-order valence-electron chi connectivity index (χ0n) is 12.6. The van der Waals surface area contributed by atoms with Gasteiger partial charge in [0.25, 0.3) is 0 Å². The topological polar surface area (TPSA) is 40.7 Å². The fraction of sp³-hybridized carbons (Fsp3) is 0.278. The highest BCUT2D eigenvalue weighted by atomic mass is 14.9. The number of pyridine rings is 1. The lowest BCUT2D eigenvalue weighted by molar-refractivity contribution is 0.468. The molecule has 0 radical (unpaired) electrons. The van der Waals surface area contributed by atoms with Crippen LogP contribution in [0.4, 0.5) is 0 Å². The molecule has 3 aromatic rings. The largest absolute Gasteiger partial charge is 0.361 e. The van der Waals surface area contributed by atoms with Gasteiger partial charge in [0.1, 0.15) is 0 Å². The monoisotopic (exact) mass is 279 g/mol. The standard InChI is InChI=1S/C18H21N3/c1-18(2,15-6-5-9-19-12-15)13-20-10-14-11-21-17-8-4-3-7-16(14)17/h3-9,11-12,20-21H,10,13H2,1-2H3. The molecule has 2 N–H and O–H groups in total. The highest BCUT2D eigenvalue weighted by Crippen LogP contribution is 2.22. The van der Waals surface area contributed by atoms with E-state index < -0.39 is 0 Å². The maximum Gasteiger partial charge on any atom is 0.0457 e. The van der Waals surface area contributed by atoms with Crippen molar-refractivity contribution in [2.45, 2.75) is 25.8 Å². The van der Waals surface area contributed by atoms with Crippen molar-refractivity contribution in [2.75, 3.05) is 6.54 Å². The van der Waals surface area contributed by atoms with Gasteiger partial charge in [-0.25, -0.2) is 0 Å². The van der Waals surface area contributed by atoms with Crippen LogP contribution in [0.3, 0.4) is 0 Å². The molecule has 3 rings (SSSR count). The summed E-state index contributed by atoms with van der Waals surface area (Å²) < 4.78 is 0. The zero-order chi connectivity index (χ0) is 14.7. The van der Waals surface area contributed by atoms with Gasteiger partial charge in [0.2, 0.25) is 0 Å². The van der Waals surface area contributed by atoms with E-state index in [1.54, 1.807) is 0 Å². The number of benzene rings is 1. The normalized spacial score (nSPS) is 11.9. The Bertz CT molecular complexity index is 713. The predicted molar refractivity (Wildman–Crippen MR) is 87.3 cm³/mol. The minimum atomic E-state index is 0.0698. The summed E-state index contributed by atoms with van der Waals surface area (Å²) in [5.41, 5.74) is 3.84. The van der Waals surface area contributed by atoms with Gasteiger partial charge in [-0.1, -0.05) is 38.1 Å². The number of aromatic nitrogens is 2. The molecule has 0 aliphatic heterocycles. The van der Waals surface area contributed by atoms with E-state index in [1.165, 1.54) is 22.0 Å². The van der Waals surface area contributed by atoms with Gasteiger partial charge in [-0.2, -0.15) is 0 Å². The smallest absolute Gasteiger partial charge is 0.0457 e. The molecule has 3 heteroatoms. The number of rotatable bonds is 5. The van der Waals surface area contributed by atoms with Gasteiger partial charge >= 0.3 is 0 Å². The molecule has 0 saturated carbocycles. The van der Waals surface area contributed by atoms with Crippen LogP contribution in [0.15, 0.2) is 55.0 Å². The number of nitrogens with zero attached hydrogens (tertiary/aromatic N) is 1. The van der Waals surface area contributed by atoms with Crippen LogP contribution in [0.1, 0.15) is 25.0 Å². The highest BCUT2D eigenvalue weighted by molar-refractivity contribution is 5.82. The number of nitrogens with one attached hydrogen (secondary N) is 2. The van der Waals surface area contributed by atoms with Crippen LogP contribution in [0.2, 0.25) is 0 Å². The molecule has 0 spiro atoms. The van der Waals surface area contributed by atoms with Crippen LogP contribution in [0.25, 0.3) is 10.9 Å². The molecule has 0 atom stereocenters. The Hall–Kier alpha value is -2.13. The Kier molecular flexibility index (Phi) is 3.76. The van der Waals surface area contributed by atoms with Crippen LogP contribution in [0.5, 0.6) is 0 Å². The van der Waals surface area contributed by atoms with Gasteiger partial charge in [-0.15, -0.1) is 0 Å². The van der Waals surface area contributed by atoms with E-state index >= 15 is 0 Å². The second-order valence-electron chi connectivity index (χ2n) is 6.09. The third-order valence-corrected chi connectivity index (χ3v) is 4.00. The van der Waals surface area contributed by atoms with Crippen LogP contribution >= 0.6 is 0 Å². The Morgan fingerprint density at radius 3 is 2.81 bits per heavy atom. The molecule has 0 amide bonds. The fourth-order valence-corrected chi connectivity index (χ4v) is 2.65. The van der Waals surface area contributed by atoms with E-state index in [0.29, 0.717) is 0 Å². The van der Waals surface area contributed by atoms with Crippen molar-refractivity contribution in [3.05, 3.63) is 66.1 Å². The Labute approximate surface area is 125 Å². The quantitative estimate of drug-likeness (QED) is 0.748. The minimum absolute atomic E-state index is 0.0698. The maximum absolute atomic E-state index is 4.22. The van der Waals surface area contributed by atoms with E-state index in [9.17, 15) is 0 Å². The van der Waals surface area contributed by atoms with Crippen molar-refractivity contribution >= 4 is 10.9 Å². The van der Waals surface area contributed by atoms with Crippen molar-refractivity contribution in [3.8, 4) is 0 Å². The molecule has 0 bridgehead atoms. The molecule has 0 unspecified atom stereocenters. The number of para-hydroxylation sites is 1. The molecule has 2 heterocycles. The second kappa shape index (κ2) is 5.70. The third kappa shape index (κ3) is 2.98. The number of hydrogen-bond donors (Lipinski definition) is 2. The predicted octanol–water partition coefficient (Wildman–Crippen LogP) is 3.63. The summed E-state index contributed by atoms with van der Waals surface area (Å²) in [4.78, 5) is 7.53. The average molecular weight is 279 g/mol. The van der Waals surface area contributed by atoms with E-state index in [1.807, 2.05) is 18.5 Å². The highest BCUT2D eigenvalue weighted by Gasteiger charge is 2.20. The summed E-state index contributed by atoms with van der Waals surface area (Å²) in [5.74, 6) is 0. The number of aromatic amines is 1. The van der Waals surface area contributed by atoms with Crippen molar-refractivity contribution in [1.29, 1.82) is 0 Å². The summed E-state index contributed by atoms with van der Waals surface area (Å²) in [6.07, 6.45) is 5.86. The number of fused-ring (bicyclic) bond motifs is 1. The molecule has 0 aliphatic carbocycles. The average Bonchev–Trinajstić information content (AvgIpc) is 2.92. The van der Waals surface area contributed by atoms with E-state index in [-0.39, 0.29) is 5.41 Å². The molecular formula is C18H21N3. The van der Waals surface area contributed by atoms with E-state index in [0.717, 1.165) is 13.1 Å². The molecular weight excluding hydrogens is 258 g/mol.